The summed E-state index contributed by atoms with van der Waals surface area (Å²) in [5.41, 5.74) is 2.01. The van der Waals surface area contributed by atoms with Gasteiger partial charge in [-0.05, 0) is 48.4 Å². The van der Waals surface area contributed by atoms with Gasteiger partial charge in [0.05, 0.1) is 39.6 Å². The molecule has 39 heavy (non-hydrogen) atoms. The van der Waals surface area contributed by atoms with Gasteiger partial charge in [0.1, 0.15) is 17.3 Å². The second-order valence-corrected chi connectivity index (χ2v) is 8.92. The lowest BCUT2D eigenvalue weighted by atomic mass is 10.1. The van der Waals surface area contributed by atoms with Gasteiger partial charge in [0.15, 0.2) is 11.5 Å². The van der Waals surface area contributed by atoms with Crippen molar-refractivity contribution in [3.8, 4) is 23.0 Å². The molecule has 0 radical (unpaired) electrons. The first-order valence-electron chi connectivity index (χ1n) is 12.7. The molecule has 0 spiro atoms. The van der Waals surface area contributed by atoms with E-state index in [0.717, 1.165) is 5.56 Å². The molecule has 1 aliphatic rings. The average molecular weight is 535 g/mol. The van der Waals surface area contributed by atoms with E-state index in [0.29, 0.717) is 79.1 Å². The predicted octanol–water partition coefficient (Wildman–Crippen LogP) is 3.05. The van der Waals surface area contributed by atoms with Crippen LogP contribution in [0, 0.1) is 0 Å². The van der Waals surface area contributed by atoms with E-state index in [1.165, 1.54) is 7.11 Å². The van der Waals surface area contributed by atoms with Crippen molar-refractivity contribution in [2.45, 2.75) is 6.42 Å². The van der Waals surface area contributed by atoms with Crippen molar-refractivity contribution in [3.05, 3.63) is 71.4 Å². The van der Waals surface area contributed by atoms with Crippen molar-refractivity contribution in [1.82, 2.24) is 15.2 Å². The number of rotatable bonds is 10. The molecular formula is C29H34N4O6. The number of nitrogens with zero attached hydrogens (tertiary/aromatic N) is 3. The van der Waals surface area contributed by atoms with Crippen LogP contribution in [0.25, 0.3) is 0 Å². The number of ether oxygens (including phenoxy) is 4. The summed E-state index contributed by atoms with van der Waals surface area (Å²) in [4.78, 5) is 34.6. The summed E-state index contributed by atoms with van der Waals surface area (Å²) < 4.78 is 21.3. The summed E-state index contributed by atoms with van der Waals surface area (Å²) >= 11 is 0. The number of methoxy groups -OCH3 is 4. The average Bonchev–Trinajstić information content (AvgIpc) is 3.00. The minimum atomic E-state index is -0.194. The first-order chi connectivity index (χ1) is 19.0. The molecule has 0 unspecified atom stereocenters. The molecule has 0 aliphatic carbocycles. The minimum Gasteiger partial charge on any atom is -0.497 e. The largest absolute Gasteiger partial charge is 0.497 e. The highest BCUT2D eigenvalue weighted by Gasteiger charge is 2.27. The molecule has 1 aromatic heterocycles. The van der Waals surface area contributed by atoms with Crippen molar-refractivity contribution in [3.63, 3.8) is 0 Å². The molecule has 1 fully saturated rings. The molecule has 0 atom stereocenters. The van der Waals surface area contributed by atoms with Crippen LogP contribution < -0.4 is 29.2 Å². The molecule has 2 aromatic carbocycles. The number of nitrogens with one attached hydrogen (secondary N) is 1. The zero-order chi connectivity index (χ0) is 27.8. The van der Waals surface area contributed by atoms with E-state index in [-0.39, 0.29) is 11.8 Å². The lowest BCUT2D eigenvalue weighted by Crippen LogP contribution is -2.49. The number of hydrogen-bond donors (Lipinski definition) is 1. The van der Waals surface area contributed by atoms with Gasteiger partial charge in [0.25, 0.3) is 11.8 Å². The Kier molecular flexibility index (Phi) is 9.09. The van der Waals surface area contributed by atoms with Crippen molar-refractivity contribution in [2.75, 3.05) is 66.1 Å². The van der Waals surface area contributed by atoms with Crippen LogP contribution in [-0.4, -0.2) is 82.9 Å². The number of aromatic nitrogens is 1. The van der Waals surface area contributed by atoms with Crippen molar-refractivity contribution in [1.29, 1.82) is 0 Å². The molecule has 1 N–H and O–H groups in total. The number of pyridine rings is 1. The van der Waals surface area contributed by atoms with Gasteiger partial charge in [-0.1, -0.05) is 6.07 Å². The van der Waals surface area contributed by atoms with Crippen LogP contribution in [0.1, 0.15) is 26.3 Å². The van der Waals surface area contributed by atoms with Crippen LogP contribution in [0.2, 0.25) is 0 Å². The second-order valence-electron chi connectivity index (χ2n) is 8.92. The molecule has 1 aliphatic heterocycles. The number of carbonyl (C=O) groups excluding carboxylic acids is 2. The summed E-state index contributed by atoms with van der Waals surface area (Å²) in [5.74, 6) is 2.71. The SMILES string of the molecule is COc1ccc(C(=O)N2CCN(c3ncccc3C(=O)NCCc3ccc(OC)c(OC)c3)CC2)c(OC)c1. The summed E-state index contributed by atoms with van der Waals surface area (Å²) in [7, 11) is 6.29. The molecule has 2 amide bonds. The lowest BCUT2D eigenvalue weighted by molar-refractivity contribution is 0.0742. The standard InChI is InChI=1S/C29H34N4O6/c1-36-21-8-9-22(25(19-21)38-3)29(35)33-16-14-32(15-17-33)27-23(6-5-12-30-27)28(34)31-13-11-20-7-10-24(37-2)26(18-20)39-4/h5-10,12,18-19H,11,13-17H2,1-4H3,(H,31,34). The van der Waals surface area contributed by atoms with E-state index >= 15 is 0 Å². The van der Waals surface area contributed by atoms with E-state index in [9.17, 15) is 9.59 Å². The van der Waals surface area contributed by atoms with E-state index < -0.39 is 0 Å². The molecule has 0 saturated carbocycles. The third-order valence-electron chi connectivity index (χ3n) is 6.68. The van der Waals surface area contributed by atoms with E-state index in [1.807, 2.05) is 23.1 Å². The zero-order valence-corrected chi connectivity index (χ0v) is 22.7. The molecule has 3 aromatic rings. The van der Waals surface area contributed by atoms with Gasteiger partial charge in [-0.25, -0.2) is 4.98 Å². The molecule has 0 bridgehead atoms. The molecule has 10 nitrogen and oxygen atoms in total. The lowest BCUT2D eigenvalue weighted by Gasteiger charge is -2.36. The van der Waals surface area contributed by atoms with Gasteiger partial charge in [0, 0.05) is 45.0 Å². The predicted molar refractivity (Wildman–Crippen MR) is 147 cm³/mol. The van der Waals surface area contributed by atoms with Gasteiger partial charge >= 0.3 is 0 Å². The second kappa shape index (κ2) is 12.9. The van der Waals surface area contributed by atoms with E-state index in [4.69, 9.17) is 18.9 Å². The van der Waals surface area contributed by atoms with Crippen molar-refractivity contribution < 1.29 is 28.5 Å². The summed E-state index contributed by atoms with van der Waals surface area (Å²) in [6.07, 6.45) is 2.31. The number of piperazine rings is 1. The first-order valence-corrected chi connectivity index (χ1v) is 12.7. The fourth-order valence-electron chi connectivity index (χ4n) is 4.54. The highest BCUT2D eigenvalue weighted by Crippen LogP contribution is 2.28. The number of benzene rings is 2. The number of carbonyl (C=O) groups is 2. The quantitative estimate of drug-likeness (QED) is 0.424. The Balaban J connectivity index is 1.37. The number of amides is 2. The normalized spacial score (nSPS) is 13.0. The summed E-state index contributed by atoms with van der Waals surface area (Å²) in [5, 5.41) is 3.00. The Morgan fingerprint density at radius 1 is 0.821 bits per heavy atom. The Labute approximate surface area is 228 Å². The van der Waals surface area contributed by atoms with Crippen molar-refractivity contribution >= 4 is 17.6 Å². The molecule has 2 heterocycles. The summed E-state index contributed by atoms with van der Waals surface area (Å²) in [6, 6.07) is 14.4. The number of anilines is 1. The monoisotopic (exact) mass is 534 g/mol. The van der Waals surface area contributed by atoms with E-state index in [2.05, 4.69) is 10.3 Å². The molecule has 1 saturated heterocycles. The van der Waals surface area contributed by atoms with Crippen LogP contribution in [0.4, 0.5) is 5.82 Å². The Morgan fingerprint density at radius 2 is 1.56 bits per heavy atom. The van der Waals surface area contributed by atoms with Crippen LogP contribution in [0.3, 0.4) is 0 Å². The topological polar surface area (TPSA) is 102 Å². The van der Waals surface area contributed by atoms with Crippen LogP contribution >= 0.6 is 0 Å². The Bertz CT molecular complexity index is 1310. The first kappa shape index (κ1) is 27.6. The summed E-state index contributed by atoms with van der Waals surface area (Å²) in [6.45, 7) is 2.53. The molecule has 206 valence electrons. The zero-order valence-electron chi connectivity index (χ0n) is 22.7. The molecule has 10 heteroatoms. The van der Waals surface area contributed by atoms with Crippen LogP contribution in [-0.2, 0) is 6.42 Å². The van der Waals surface area contributed by atoms with Gasteiger partial charge in [-0.15, -0.1) is 0 Å². The maximum Gasteiger partial charge on any atom is 0.257 e. The fourth-order valence-corrected chi connectivity index (χ4v) is 4.54. The fraction of sp³-hybridized carbons (Fsp3) is 0.345. The highest BCUT2D eigenvalue weighted by molar-refractivity contribution is 5.99. The van der Waals surface area contributed by atoms with Crippen LogP contribution in [0.15, 0.2) is 54.7 Å². The van der Waals surface area contributed by atoms with Gasteiger partial charge in [-0.3, -0.25) is 9.59 Å². The maximum atomic E-state index is 13.2. The van der Waals surface area contributed by atoms with Crippen molar-refractivity contribution in [2.24, 2.45) is 0 Å². The number of hydrogen-bond acceptors (Lipinski definition) is 8. The third kappa shape index (κ3) is 6.34. The van der Waals surface area contributed by atoms with E-state index in [1.54, 1.807) is 62.8 Å². The third-order valence-corrected chi connectivity index (χ3v) is 6.68. The Morgan fingerprint density at radius 3 is 2.26 bits per heavy atom. The van der Waals surface area contributed by atoms with Gasteiger partial charge in [0.2, 0.25) is 0 Å². The Hall–Kier alpha value is -4.47. The smallest absolute Gasteiger partial charge is 0.257 e. The van der Waals surface area contributed by atoms with Gasteiger partial charge in [-0.2, -0.15) is 0 Å². The molecule has 4 rings (SSSR count). The van der Waals surface area contributed by atoms with Gasteiger partial charge < -0.3 is 34.1 Å². The maximum absolute atomic E-state index is 13.2. The minimum absolute atomic E-state index is 0.108. The molecular weight excluding hydrogens is 500 g/mol. The highest BCUT2D eigenvalue weighted by atomic mass is 16.5. The van der Waals surface area contributed by atoms with Crippen LogP contribution in [0.5, 0.6) is 23.0 Å².